The molecule has 0 N–H and O–H groups in total. The zero-order valence-electron chi connectivity index (χ0n) is 8.12. The van der Waals surface area contributed by atoms with Crippen LogP contribution in [0.1, 0.15) is 46.0 Å². The van der Waals surface area contributed by atoms with Gasteiger partial charge < -0.3 is 0 Å². The van der Waals surface area contributed by atoms with Crippen molar-refractivity contribution in [3.8, 4) is 0 Å². The highest BCUT2D eigenvalue weighted by Gasteiger charge is 2.11. The summed E-state index contributed by atoms with van der Waals surface area (Å²) in [7, 11) is 1.12. The van der Waals surface area contributed by atoms with Crippen molar-refractivity contribution in [1.29, 1.82) is 0 Å². The molecule has 0 fully saturated rings. The van der Waals surface area contributed by atoms with E-state index in [0.29, 0.717) is 0 Å². The van der Waals surface area contributed by atoms with Crippen LogP contribution < -0.4 is 0 Å². The molecule has 0 saturated heterocycles. The Morgan fingerprint density at radius 3 is 2.38 bits per heavy atom. The minimum absolute atomic E-state index is 0.306. The zero-order valence-corrected chi connectivity index (χ0v) is 9.70. The fourth-order valence-electron chi connectivity index (χ4n) is 1.10. The van der Waals surface area contributed by atoms with Crippen molar-refractivity contribution in [1.82, 2.24) is 0 Å². The summed E-state index contributed by atoms with van der Waals surface area (Å²) in [4.78, 5) is 0. The third-order valence-corrected chi connectivity index (χ3v) is 2.52. The first-order chi connectivity index (χ1) is 5.95. The van der Waals surface area contributed by atoms with Crippen LogP contribution in [-0.4, -0.2) is 14.5 Å². The second-order valence-corrected chi connectivity index (χ2v) is 5.26. The molecule has 0 rings (SSSR count). The highest BCUT2D eigenvalue weighted by molar-refractivity contribution is 8.10. The second kappa shape index (κ2) is 6.62. The lowest BCUT2D eigenvalue weighted by Gasteiger charge is -2.08. The van der Waals surface area contributed by atoms with E-state index in [4.69, 9.17) is 10.7 Å². The molecule has 0 aromatic heterocycles. The Kier molecular flexibility index (Phi) is 6.73. The van der Waals surface area contributed by atoms with E-state index in [1.165, 1.54) is 12.8 Å². The van der Waals surface area contributed by atoms with E-state index >= 15 is 0 Å². The monoisotopic (exact) mass is 228 g/mol. The first kappa shape index (κ1) is 13.2. The van der Waals surface area contributed by atoms with Crippen molar-refractivity contribution >= 4 is 20.0 Å². The molecular weight excluding hydrogens is 212 g/mol. The van der Waals surface area contributed by atoms with Gasteiger partial charge in [-0.1, -0.05) is 32.6 Å². The average molecular weight is 229 g/mol. The fraction of sp³-hybridized carbons (Fsp3) is 1.00. The molecule has 1 unspecified atom stereocenters. The van der Waals surface area contributed by atoms with Gasteiger partial charge in [0.15, 0.2) is 0 Å². The predicted octanol–water partition coefficient (Wildman–Crippen LogP) is 2.85. The van der Waals surface area contributed by atoms with Crippen molar-refractivity contribution in [3.05, 3.63) is 0 Å². The molecule has 5 heteroatoms. The van der Waals surface area contributed by atoms with Gasteiger partial charge in [0, 0.05) is 10.7 Å². The molecule has 80 valence electrons. The molecule has 0 aromatic carbocycles. The van der Waals surface area contributed by atoms with Crippen LogP contribution in [0.2, 0.25) is 0 Å². The number of rotatable bonds is 7. The quantitative estimate of drug-likeness (QED) is 0.497. The number of hydrogen-bond donors (Lipinski definition) is 0. The van der Waals surface area contributed by atoms with Gasteiger partial charge in [-0.2, -0.15) is 8.42 Å². The lowest BCUT2D eigenvalue weighted by atomic mass is 10.1. The Hall–Kier alpha value is 0.200. The molecule has 0 spiro atoms. The summed E-state index contributed by atoms with van der Waals surface area (Å²) in [6.45, 7) is 3.84. The van der Waals surface area contributed by atoms with Crippen molar-refractivity contribution in [2.24, 2.45) is 0 Å². The van der Waals surface area contributed by atoms with Gasteiger partial charge in [-0.05, 0) is 13.3 Å². The molecule has 0 saturated carbocycles. The van der Waals surface area contributed by atoms with E-state index in [9.17, 15) is 8.42 Å². The van der Waals surface area contributed by atoms with Gasteiger partial charge in [0.1, 0.15) is 0 Å². The maximum Gasteiger partial charge on any atom is 0.355 e. The molecule has 0 aliphatic carbocycles. The third kappa shape index (κ3) is 10.1. The highest BCUT2D eigenvalue weighted by atomic mass is 35.7. The SMILES string of the molecule is CCCCCCC(C)OS(=O)(=O)Cl. The third-order valence-electron chi connectivity index (χ3n) is 1.74. The van der Waals surface area contributed by atoms with Gasteiger partial charge in [-0.25, -0.2) is 0 Å². The number of halogens is 1. The first-order valence-corrected chi connectivity index (χ1v) is 6.82. The summed E-state index contributed by atoms with van der Waals surface area (Å²) in [5.41, 5.74) is 0. The van der Waals surface area contributed by atoms with Crippen LogP contribution >= 0.6 is 10.7 Å². The molecule has 0 aliphatic rings. The van der Waals surface area contributed by atoms with Gasteiger partial charge in [-0.3, -0.25) is 4.18 Å². The Bertz CT molecular complexity index is 213. The largest absolute Gasteiger partial charge is 0.355 e. The van der Waals surface area contributed by atoms with Crippen LogP contribution in [0.25, 0.3) is 0 Å². The summed E-state index contributed by atoms with van der Waals surface area (Å²) in [5, 5.41) is 0. The Balaban J connectivity index is 3.47. The van der Waals surface area contributed by atoms with E-state index in [1.54, 1.807) is 6.92 Å². The average Bonchev–Trinajstić information content (AvgIpc) is 1.94. The van der Waals surface area contributed by atoms with Crippen LogP contribution in [0.4, 0.5) is 0 Å². The van der Waals surface area contributed by atoms with Crippen LogP contribution in [0.3, 0.4) is 0 Å². The molecule has 13 heavy (non-hydrogen) atoms. The smallest absolute Gasteiger partial charge is 0.255 e. The van der Waals surface area contributed by atoms with Gasteiger partial charge >= 0.3 is 9.33 Å². The lowest BCUT2D eigenvalue weighted by Crippen LogP contribution is -2.10. The van der Waals surface area contributed by atoms with Crippen LogP contribution in [0, 0.1) is 0 Å². The van der Waals surface area contributed by atoms with E-state index < -0.39 is 9.33 Å². The van der Waals surface area contributed by atoms with Crippen LogP contribution in [-0.2, 0) is 13.5 Å². The van der Waals surface area contributed by atoms with Gasteiger partial charge in [-0.15, -0.1) is 0 Å². The van der Waals surface area contributed by atoms with Gasteiger partial charge in [0.25, 0.3) is 0 Å². The first-order valence-electron chi connectivity index (χ1n) is 4.58. The molecule has 3 nitrogen and oxygen atoms in total. The molecule has 0 aromatic rings. The van der Waals surface area contributed by atoms with E-state index in [1.807, 2.05) is 0 Å². The summed E-state index contributed by atoms with van der Waals surface area (Å²) >= 11 is 0. The highest BCUT2D eigenvalue weighted by Crippen LogP contribution is 2.11. The fourth-order valence-corrected chi connectivity index (χ4v) is 1.96. The predicted molar refractivity (Wildman–Crippen MR) is 54.1 cm³/mol. The van der Waals surface area contributed by atoms with Crippen molar-refractivity contribution in [2.45, 2.75) is 52.1 Å². The zero-order chi connectivity index (χ0) is 10.3. The second-order valence-electron chi connectivity index (χ2n) is 3.15. The maximum absolute atomic E-state index is 10.5. The van der Waals surface area contributed by atoms with E-state index in [2.05, 4.69) is 11.1 Å². The molecule has 0 amide bonds. The summed E-state index contributed by atoms with van der Waals surface area (Å²) in [6.07, 6.45) is 4.89. The molecule has 0 heterocycles. The standard InChI is InChI=1S/C8H17ClO3S/c1-3-4-5-6-7-8(2)12-13(9,10)11/h8H,3-7H2,1-2H3. The molecular formula is C8H17ClO3S. The molecule has 0 aliphatic heterocycles. The lowest BCUT2D eigenvalue weighted by molar-refractivity contribution is 0.220. The number of hydrogen-bond acceptors (Lipinski definition) is 3. The van der Waals surface area contributed by atoms with E-state index in [0.717, 1.165) is 19.3 Å². The Morgan fingerprint density at radius 1 is 1.31 bits per heavy atom. The van der Waals surface area contributed by atoms with E-state index in [-0.39, 0.29) is 6.10 Å². The van der Waals surface area contributed by atoms with Crippen LogP contribution in [0.15, 0.2) is 0 Å². The summed E-state index contributed by atoms with van der Waals surface area (Å²) < 4.78 is 25.5. The normalized spacial score (nSPS) is 14.4. The van der Waals surface area contributed by atoms with Gasteiger partial charge in [0.2, 0.25) is 0 Å². The Labute approximate surface area is 85.0 Å². The topological polar surface area (TPSA) is 43.4 Å². The van der Waals surface area contributed by atoms with Gasteiger partial charge in [0.05, 0.1) is 6.10 Å². The molecule has 0 radical (unpaired) electrons. The minimum atomic E-state index is -3.79. The maximum atomic E-state index is 10.5. The molecule has 1 atom stereocenters. The Morgan fingerprint density at radius 2 is 1.92 bits per heavy atom. The van der Waals surface area contributed by atoms with Crippen LogP contribution in [0.5, 0.6) is 0 Å². The van der Waals surface area contributed by atoms with Crippen molar-refractivity contribution < 1.29 is 12.6 Å². The van der Waals surface area contributed by atoms with Crippen molar-refractivity contribution in [2.75, 3.05) is 0 Å². The summed E-state index contributed by atoms with van der Waals surface area (Å²) in [6, 6.07) is 0. The molecule has 0 bridgehead atoms. The number of unbranched alkanes of at least 4 members (excludes halogenated alkanes) is 3. The van der Waals surface area contributed by atoms with Crippen molar-refractivity contribution in [3.63, 3.8) is 0 Å². The summed E-state index contributed by atoms with van der Waals surface area (Å²) in [5.74, 6) is 0. The minimum Gasteiger partial charge on any atom is -0.255 e.